The number of aromatic nitrogens is 5. The summed E-state index contributed by atoms with van der Waals surface area (Å²) in [6.07, 6.45) is 3.37. The molecule has 2 aromatic heterocycles. The number of benzene rings is 1. The molecule has 7 nitrogen and oxygen atoms in total. The van der Waals surface area contributed by atoms with Gasteiger partial charge in [0.25, 0.3) is 5.95 Å². The van der Waals surface area contributed by atoms with E-state index in [4.69, 9.17) is 17.3 Å². The first-order valence-electron chi connectivity index (χ1n) is 6.20. The number of nitrogen functional groups attached to an aromatic ring is 1. The van der Waals surface area contributed by atoms with Gasteiger partial charge < -0.3 is 11.1 Å². The van der Waals surface area contributed by atoms with E-state index in [-0.39, 0.29) is 5.95 Å². The third-order valence-electron chi connectivity index (χ3n) is 2.69. The van der Waals surface area contributed by atoms with Gasteiger partial charge in [0, 0.05) is 24.0 Å². The van der Waals surface area contributed by atoms with Crippen molar-refractivity contribution >= 4 is 23.5 Å². The standard InChI is InChI=1S/C13H12ClN7/c14-10-4-1-3-9(7-10)8-16-12-18-11(15)19-13(20-12)21-6-2-5-17-21/h1-7H,8H2,(H3,15,16,18,19,20). The van der Waals surface area contributed by atoms with Gasteiger partial charge in [-0.1, -0.05) is 23.7 Å². The van der Waals surface area contributed by atoms with Gasteiger partial charge in [-0.2, -0.15) is 20.1 Å². The molecule has 8 heteroatoms. The molecule has 3 N–H and O–H groups in total. The number of hydrogen-bond acceptors (Lipinski definition) is 6. The van der Waals surface area contributed by atoms with Crippen LogP contribution in [0.4, 0.5) is 11.9 Å². The third-order valence-corrected chi connectivity index (χ3v) is 2.92. The molecule has 0 fully saturated rings. The summed E-state index contributed by atoms with van der Waals surface area (Å²) in [6.45, 7) is 0.530. The van der Waals surface area contributed by atoms with E-state index in [2.05, 4.69) is 25.4 Å². The Labute approximate surface area is 125 Å². The van der Waals surface area contributed by atoms with Crippen molar-refractivity contribution in [3.05, 3.63) is 53.3 Å². The Morgan fingerprint density at radius 3 is 2.86 bits per heavy atom. The minimum absolute atomic E-state index is 0.129. The molecule has 106 valence electrons. The Morgan fingerprint density at radius 2 is 2.10 bits per heavy atom. The Hall–Kier alpha value is -2.67. The topological polar surface area (TPSA) is 94.5 Å². The number of nitrogens with one attached hydrogen (secondary N) is 1. The van der Waals surface area contributed by atoms with Crippen LogP contribution in [0.3, 0.4) is 0 Å². The van der Waals surface area contributed by atoms with Gasteiger partial charge in [0.05, 0.1) is 0 Å². The highest BCUT2D eigenvalue weighted by atomic mass is 35.5. The van der Waals surface area contributed by atoms with E-state index in [0.29, 0.717) is 23.5 Å². The van der Waals surface area contributed by atoms with Crippen LogP contribution in [0.1, 0.15) is 5.56 Å². The second-order valence-corrected chi connectivity index (χ2v) is 4.69. The van der Waals surface area contributed by atoms with E-state index in [1.54, 1.807) is 18.5 Å². The highest BCUT2D eigenvalue weighted by Gasteiger charge is 2.06. The molecule has 0 saturated carbocycles. The predicted molar refractivity (Wildman–Crippen MR) is 80.1 cm³/mol. The monoisotopic (exact) mass is 301 g/mol. The minimum Gasteiger partial charge on any atom is -0.368 e. The maximum absolute atomic E-state index is 5.94. The zero-order valence-corrected chi connectivity index (χ0v) is 11.7. The average molecular weight is 302 g/mol. The van der Waals surface area contributed by atoms with Crippen molar-refractivity contribution in [2.75, 3.05) is 11.1 Å². The van der Waals surface area contributed by atoms with Gasteiger partial charge in [0.1, 0.15) is 0 Å². The highest BCUT2D eigenvalue weighted by Crippen LogP contribution is 2.12. The molecule has 0 bridgehead atoms. The number of halogens is 1. The summed E-state index contributed by atoms with van der Waals surface area (Å²) in [4.78, 5) is 12.4. The molecule has 0 aliphatic carbocycles. The molecule has 0 radical (unpaired) electrons. The Morgan fingerprint density at radius 1 is 1.19 bits per heavy atom. The minimum atomic E-state index is 0.129. The number of anilines is 2. The normalized spacial score (nSPS) is 10.5. The summed E-state index contributed by atoms with van der Waals surface area (Å²) < 4.78 is 1.52. The third kappa shape index (κ3) is 3.26. The lowest BCUT2D eigenvalue weighted by Crippen LogP contribution is -2.11. The molecule has 3 rings (SSSR count). The quantitative estimate of drug-likeness (QED) is 0.764. The molecule has 2 heterocycles. The van der Waals surface area contributed by atoms with Gasteiger partial charge in [-0.05, 0) is 23.8 Å². The molecule has 0 atom stereocenters. The zero-order valence-electron chi connectivity index (χ0n) is 10.9. The number of hydrogen-bond donors (Lipinski definition) is 2. The van der Waals surface area contributed by atoms with E-state index in [9.17, 15) is 0 Å². The van der Waals surface area contributed by atoms with Crippen molar-refractivity contribution in [2.24, 2.45) is 0 Å². The van der Waals surface area contributed by atoms with Gasteiger partial charge in [-0.15, -0.1) is 0 Å². The van der Waals surface area contributed by atoms with Crippen LogP contribution in [0, 0.1) is 0 Å². The van der Waals surface area contributed by atoms with Gasteiger partial charge in [0.15, 0.2) is 0 Å². The molecule has 0 saturated heterocycles. The molecule has 1 aromatic carbocycles. The van der Waals surface area contributed by atoms with Crippen molar-refractivity contribution in [1.82, 2.24) is 24.7 Å². The smallest absolute Gasteiger partial charge is 0.257 e. The van der Waals surface area contributed by atoms with E-state index in [1.807, 2.05) is 24.3 Å². The van der Waals surface area contributed by atoms with Crippen LogP contribution in [0.5, 0.6) is 0 Å². The lowest BCUT2D eigenvalue weighted by Gasteiger charge is -2.07. The fraction of sp³-hybridized carbons (Fsp3) is 0.0769. The fourth-order valence-corrected chi connectivity index (χ4v) is 1.99. The van der Waals surface area contributed by atoms with Crippen molar-refractivity contribution in [3.63, 3.8) is 0 Å². The summed E-state index contributed by atoms with van der Waals surface area (Å²) in [6, 6.07) is 9.31. The largest absolute Gasteiger partial charge is 0.368 e. The summed E-state index contributed by atoms with van der Waals surface area (Å²) >= 11 is 5.94. The van der Waals surface area contributed by atoms with E-state index in [1.165, 1.54) is 4.68 Å². The molecule has 3 aromatic rings. The van der Waals surface area contributed by atoms with Gasteiger partial charge in [0.2, 0.25) is 11.9 Å². The van der Waals surface area contributed by atoms with Crippen molar-refractivity contribution in [3.8, 4) is 5.95 Å². The first-order chi connectivity index (χ1) is 10.2. The van der Waals surface area contributed by atoms with Gasteiger partial charge in [-0.25, -0.2) is 4.68 Å². The molecule has 0 amide bonds. The predicted octanol–water partition coefficient (Wildman–Crippen LogP) is 1.91. The molecule has 21 heavy (non-hydrogen) atoms. The average Bonchev–Trinajstić information content (AvgIpc) is 2.99. The summed E-state index contributed by atoms with van der Waals surface area (Å²) in [5.41, 5.74) is 6.71. The van der Waals surface area contributed by atoms with E-state index < -0.39 is 0 Å². The summed E-state index contributed by atoms with van der Waals surface area (Å²) in [7, 11) is 0. The molecule has 0 aliphatic rings. The maximum Gasteiger partial charge on any atom is 0.257 e. The lowest BCUT2D eigenvalue weighted by molar-refractivity contribution is 0.798. The first kappa shape index (κ1) is 13.3. The zero-order chi connectivity index (χ0) is 14.7. The van der Waals surface area contributed by atoms with Crippen molar-refractivity contribution in [2.45, 2.75) is 6.54 Å². The molecule has 0 spiro atoms. The fourth-order valence-electron chi connectivity index (χ4n) is 1.78. The van der Waals surface area contributed by atoms with Crippen LogP contribution >= 0.6 is 11.6 Å². The van der Waals surface area contributed by atoms with Gasteiger partial charge in [-0.3, -0.25) is 0 Å². The number of nitrogens with two attached hydrogens (primary N) is 1. The van der Waals surface area contributed by atoms with Crippen molar-refractivity contribution < 1.29 is 0 Å². The molecular formula is C13H12ClN7. The first-order valence-corrected chi connectivity index (χ1v) is 6.58. The maximum atomic E-state index is 5.94. The van der Waals surface area contributed by atoms with Crippen LogP contribution < -0.4 is 11.1 Å². The van der Waals surface area contributed by atoms with E-state index in [0.717, 1.165) is 5.56 Å². The van der Waals surface area contributed by atoms with Crippen LogP contribution in [-0.2, 0) is 6.54 Å². The Kier molecular flexibility index (Phi) is 3.65. The van der Waals surface area contributed by atoms with Gasteiger partial charge >= 0.3 is 0 Å². The molecule has 0 aliphatic heterocycles. The molecular weight excluding hydrogens is 290 g/mol. The molecule has 0 unspecified atom stereocenters. The number of nitrogens with zero attached hydrogens (tertiary/aromatic N) is 5. The van der Waals surface area contributed by atoms with Crippen LogP contribution in [0.25, 0.3) is 5.95 Å². The SMILES string of the molecule is Nc1nc(NCc2cccc(Cl)c2)nc(-n2cccn2)n1. The van der Waals surface area contributed by atoms with E-state index >= 15 is 0 Å². The van der Waals surface area contributed by atoms with Crippen molar-refractivity contribution in [1.29, 1.82) is 0 Å². The second kappa shape index (κ2) is 5.76. The Bertz CT molecular complexity index is 742. The highest BCUT2D eigenvalue weighted by molar-refractivity contribution is 6.30. The Balaban J connectivity index is 1.79. The van der Waals surface area contributed by atoms with Crippen LogP contribution in [-0.4, -0.2) is 24.7 Å². The summed E-state index contributed by atoms with van der Waals surface area (Å²) in [5.74, 6) is 0.873. The lowest BCUT2D eigenvalue weighted by atomic mass is 10.2. The second-order valence-electron chi connectivity index (χ2n) is 4.25. The number of rotatable bonds is 4. The van der Waals surface area contributed by atoms with Crippen LogP contribution in [0.15, 0.2) is 42.7 Å². The van der Waals surface area contributed by atoms with Crippen LogP contribution in [0.2, 0.25) is 5.02 Å². The summed E-state index contributed by atoms with van der Waals surface area (Å²) in [5, 5.41) is 7.83.